The number of benzene rings is 1. The smallest absolute Gasteiger partial charge is 0.0424 e. The predicted octanol–water partition coefficient (Wildman–Crippen LogP) is 4.21. The zero-order valence-corrected chi connectivity index (χ0v) is 13.8. The highest BCUT2D eigenvalue weighted by Gasteiger charge is 2.12. The van der Waals surface area contributed by atoms with Gasteiger partial charge in [-0.05, 0) is 56.5 Å². The highest BCUT2D eigenvalue weighted by molar-refractivity contribution is 5.31. The van der Waals surface area contributed by atoms with Gasteiger partial charge in [0.15, 0.2) is 0 Å². The van der Waals surface area contributed by atoms with Crippen LogP contribution in [0.5, 0.6) is 0 Å². The van der Waals surface area contributed by atoms with Crippen molar-refractivity contribution in [2.75, 3.05) is 19.6 Å². The van der Waals surface area contributed by atoms with E-state index in [0.29, 0.717) is 0 Å². The average Bonchev–Trinajstić information content (AvgIpc) is 2.44. The maximum Gasteiger partial charge on any atom is 0.0424 e. The van der Waals surface area contributed by atoms with Crippen LogP contribution in [0.2, 0.25) is 0 Å². The summed E-state index contributed by atoms with van der Waals surface area (Å²) in [7, 11) is 0. The molecule has 0 amide bonds. The Morgan fingerprint density at radius 2 is 1.60 bits per heavy atom. The fourth-order valence-corrected chi connectivity index (χ4v) is 2.44. The molecule has 1 unspecified atom stereocenters. The summed E-state index contributed by atoms with van der Waals surface area (Å²) >= 11 is 0. The van der Waals surface area contributed by atoms with E-state index in [1.54, 1.807) is 0 Å². The Hall–Kier alpha value is -0.860. The first-order valence-corrected chi connectivity index (χ1v) is 8.13. The molecule has 2 heteroatoms. The van der Waals surface area contributed by atoms with Crippen molar-refractivity contribution in [3.05, 3.63) is 34.9 Å². The molecule has 2 nitrogen and oxygen atoms in total. The van der Waals surface area contributed by atoms with E-state index in [2.05, 4.69) is 50.8 Å². The molecule has 1 atom stereocenters. The first-order chi connectivity index (χ1) is 9.58. The van der Waals surface area contributed by atoms with Gasteiger partial charge >= 0.3 is 0 Å². The molecule has 1 aromatic carbocycles. The summed E-state index contributed by atoms with van der Waals surface area (Å²) < 4.78 is 0. The van der Waals surface area contributed by atoms with Crippen LogP contribution < -0.4 is 5.73 Å². The van der Waals surface area contributed by atoms with Crippen molar-refractivity contribution in [2.45, 2.75) is 59.4 Å². The lowest BCUT2D eigenvalue weighted by molar-refractivity contribution is 0.250. The van der Waals surface area contributed by atoms with Crippen molar-refractivity contribution >= 4 is 0 Å². The number of rotatable bonds is 9. The molecule has 0 bridgehead atoms. The zero-order valence-electron chi connectivity index (χ0n) is 13.8. The fourth-order valence-electron chi connectivity index (χ4n) is 2.44. The van der Waals surface area contributed by atoms with E-state index in [-0.39, 0.29) is 6.04 Å². The Morgan fingerprint density at radius 1 is 1.00 bits per heavy atom. The van der Waals surface area contributed by atoms with Gasteiger partial charge in [0.25, 0.3) is 0 Å². The van der Waals surface area contributed by atoms with Gasteiger partial charge in [0.05, 0.1) is 0 Å². The highest BCUT2D eigenvalue weighted by atomic mass is 15.1. The summed E-state index contributed by atoms with van der Waals surface area (Å²) in [6.07, 6.45) is 5.04. The predicted molar refractivity (Wildman–Crippen MR) is 89.1 cm³/mol. The number of unbranched alkanes of at least 4 members (excludes halogenated alkanes) is 2. The third-order valence-electron chi connectivity index (χ3n) is 4.07. The lowest BCUT2D eigenvalue weighted by atomic mass is 10.0. The van der Waals surface area contributed by atoms with Crippen molar-refractivity contribution in [3.63, 3.8) is 0 Å². The molecule has 0 saturated carbocycles. The molecule has 2 N–H and O–H groups in total. The molecule has 0 heterocycles. The average molecular weight is 276 g/mol. The van der Waals surface area contributed by atoms with Crippen LogP contribution in [0.25, 0.3) is 0 Å². The largest absolute Gasteiger partial charge is 0.323 e. The molecule has 0 aliphatic heterocycles. The van der Waals surface area contributed by atoms with Crippen LogP contribution in [-0.2, 0) is 0 Å². The Morgan fingerprint density at radius 3 is 2.10 bits per heavy atom. The van der Waals surface area contributed by atoms with Crippen LogP contribution in [0, 0.1) is 13.8 Å². The van der Waals surface area contributed by atoms with E-state index in [4.69, 9.17) is 5.73 Å². The van der Waals surface area contributed by atoms with Gasteiger partial charge < -0.3 is 10.6 Å². The van der Waals surface area contributed by atoms with E-state index in [1.165, 1.54) is 55.5 Å². The van der Waals surface area contributed by atoms with E-state index < -0.39 is 0 Å². The lowest BCUT2D eigenvalue weighted by Crippen LogP contribution is -2.33. The van der Waals surface area contributed by atoms with Crippen LogP contribution in [0.1, 0.15) is 62.3 Å². The molecule has 0 aliphatic rings. The van der Waals surface area contributed by atoms with Gasteiger partial charge in [-0.2, -0.15) is 0 Å². The molecule has 0 aliphatic carbocycles. The van der Waals surface area contributed by atoms with Crippen LogP contribution >= 0.6 is 0 Å². The molecular weight excluding hydrogens is 244 g/mol. The van der Waals surface area contributed by atoms with Crippen LogP contribution in [0.15, 0.2) is 18.2 Å². The first kappa shape index (κ1) is 17.2. The summed E-state index contributed by atoms with van der Waals surface area (Å²) in [5.41, 5.74) is 10.4. The summed E-state index contributed by atoms with van der Waals surface area (Å²) in [6.45, 7) is 12.1. The second-order valence-corrected chi connectivity index (χ2v) is 5.96. The molecule has 0 aromatic heterocycles. The van der Waals surface area contributed by atoms with Gasteiger partial charge in [-0.3, -0.25) is 0 Å². The molecular formula is C18H32N2. The molecule has 0 radical (unpaired) electrons. The number of nitrogens with two attached hydrogens (primary N) is 1. The first-order valence-electron chi connectivity index (χ1n) is 8.13. The van der Waals surface area contributed by atoms with Gasteiger partial charge in [-0.1, -0.05) is 44.9 Å². The van der Waals surface area contributed by atoms with Crippen molar-refractivity contribution in [1.29, 1.82) is 0 Å². The second-order valence-electron chi connectivity index (χ2n) is 5.96. The van der Waals surface area contributed by atoms with Crippen molar-refractivity contribution in [2.24, 2.45) is 5.73 Å². The van der Waals surface area contributed by atoms with Gasteiger partial charge in [-0.15, -0.1) is 0 Å². The zero-order chi connectivity index (χ0) is 15.0. The standard InChI is InChI=1S/C18H32N2/c1-5-7-11-20(12-8-6-2)14-18(19)17-10-9-15(3)16(4)13-17/h9-10,13,18H,5-8,11-12,14,19H2,1-4H3. The summed E-state index contributed by atoms with van der Waals surface area (Å²) in [6, 6.07) is 6.75. The maximum atomic E-state index is 6.42. The topological polar surface area (TPSA) is 29.3 Å². The normalized spacial score (nSPS) is 12.9. The number of hydrogen-bond acceptors (Lipinski definition) is 2. The molecule has 0 saturated heterocycles. The quantitative estimate of drug-likeness (QED) is 0.732. The Labute approximate surface area is 125 Å². The van der Waals surface area contributed by atoms with E-state index in [1.807, 2.05) is 0 Å². The Bertz CT molecular complexity index is 379. The Balaban J connectivity index is 2.62. The molecule has 114 valence electrons. The maximum absolute atomic E-state index is 6.42. The van der Waals surface area contributed by atoms with E-state index in [0.717, 1.165) is 6.54 Å². The van der Waals surface area contributed by atoms with Crippen molar-refractivity contribution in [1.82, 2.24) is 4.90 Å². The molecule has 0 spiro atoms. The monoisotopic (exact) mass is 276 g/mol. The minimum absolute atomic E-state index is 0.128. The summed E-state index contributed by atoms with van der Waals surface area (Å²) in [4.78, 5) is 2.53. The fraction of sp³-hybridized carbons (Fsp3) is 0.667. The van der Waals surface area contributed by atoms with Crippen LogP contribution in [0.3, 0.4) is 0 Å². The van der Waals surface area contributed by atoms with E-state index in [9.17, 15) is 0 Å². The second kappa shape index (κ2) is 9.15. The minimum atomic E-state index is 0.128. The summed E-state index contributed by atoms with van der Waals surface area (Å²) in [5.74, 6) is 0. The lowest BCUT2D eigenvalue weighted by Gasteiger charge is -2.26. The number of nitrogens with zero attached hydrogens (tertiary/aromatic N) is 1. The third kappa shape index (κ3) is 5.64. The van der Waals surface area contributed by atoms with Gasteiger partial charge in [0.1, 0.15) is 0 Å². The van der Waals surface area contributed by atoms with Gasteiger partial charge in [0.2, 0.25) is 0 Å². The summed E-state index contributed by atoms with van der Waals surface area (Å²) in [5, 5.41) is 0. The van der Waals surface area contributed by atoms with Crippen LogP contribution in [0.4, 0.5) is 0 Å². The highest BCUT2D eigenvalue weighted by Crippen LogP contribution is 2.17. The molecule has 20 heavy (non-hydrogen) atoms. The third-order valence-corrected chi connectivity index (χ3v) is 4.07. The SMILES string of the molecule is CCCCN(CCCC)CC(N)c1ccc(C)c(C)c1. The van der Waals surface area contributed by atoms with Gasteiger partial charge in [0, 0.05) is 12.6 Å². The minimum Gasteiger partial charge on any atom is -0.323 e. The Kier molecular flexibility index (Phi) is 7.86. The van der Waals surface area contributed by atoms with Gasteiger partial charge in [-0.25, -0.2) is 0 Å². The molecule has 1 rings (SSSR count). The van der Waals surface area contributed by atoms with Crippen molar-refractivity contribution < 1.29 is 0 Å². The molecule has 0 fully saturated rings. The van der Waals surface area contributed by atoms with E-state index >= 15 is 0 Å². The number of hydrogen-bond donors (Lipinski definition) is 1. The van der Waals surface area contributed by atoms with Crippen LogP contribution in [-0.4, -0.2) is 24.5 Å². The molecule has 1 aromatic rings. The number of aryl methyl sites for hydroxylation is 2. The van der Waals surface area contributed by atoms with Crippen molar-refractivity contribution in [3.8, 4) is 0 Å².